The first-order chi connectivity index (χ1) is 29.5. The number of nitrogens with one attached hydrogen (secondary N) is 2. The molecule has 3 aromatic rings. The van der Waals surface area contributed by atoms with E-state index in [1.165, 1.54) is 0 Å². The van der Waals surface area contributed by atoms with Crippen molar-refractivity contribution in [2.45, 2.75) is 0 Å². The first kappa shape index (κ1) is 49.7. The van der Waals surface area contributed by atoms with Crippen LogP contribution in [0, 0.1) is 0 Å². The van der Waals surface area contributed by atoms with Gasteiger partial charge in [-0.3, -0.25) is 0 Å². The summed E-state index contributed by atoms with van der Waals surface area (Å²) in [4.78, 5) is 26.8. The van der Waals surface area contributed by atoms with Gasteiger partial charge in [0.15, 0.2) is 0 Å². The van der Waals surface area contributed by atoms with Gasteiger partial charge in [0, 0.05) is 121 Å². The Kier molecular flexibility index (Phi) is 17.5. The highest BCUT2D eigenvalue weighted by molar-refractivity contribution is 5.99. The average molecular weight is 949 g/mol. The summed E-state index contributed by atoms with van der Waals surface area (Å²) >= 11 is 0. The summed E-state index contributed by atoms with van der Waals surface area (Å²) in [5.41, 5.74) is 14.9. The van der Waals surface area contributed by atoms with Crippen molar-refractivity contribution >= 4 is 118 Å². The van der Waals surface area contributed by atoms with Gasteiger partial charge < -0.3 is 50.0 Å². The number of halogens is 4. The topological polar surface area (TPSA) is 151 Å². The largest absolute Gasteiger partial charge is 0.395 e. The maximum absolute atomic E-state index is 9.65. The number of nitrogens with zero attached hydrogens (tertiary/aromatic N) is 6. The number of allylic oxidation sites excluding steroid dienone is 8. The van der Waals surface area contributed by atoms with Gasteiger partial charge >= 0.3 is 0 Å². The van der Waals surface area contributed by atoms with Gasteiger partial charge in [0.05, 0.1) is 49.2 Å². The maximum Gasteiger partial charge on any atom is 0.0737 e. The summed E-state index contributed by atoms with van der Waals surface area (Å²) in [6, 6.07) is 8.49. The van der Waals surface area contributed by atoms with Gasteiger partial charge in [-0.2, -0.15) is 0 Å². The molecule has 64 heavy (non-hydrogen) atoms. The molecule has 0 aliphatic carbocycles. The van der Waals surface area contributed by atoms with Crippen LogP contribution in [-0.4, -0.2) is 139 Å². The number of fused-ring (bicyclic) bond motifs is 8. The fraction of sp³-hybridized carbons (Fsp3) is 0.250. The maximum atomic E-state index is 9.65. The predicted molar refractivity (Wildman–Crippen MR) is 271 cm³/mol. The third-order valence-electron chi connectivity index (χ3n) is 11.5. The molecule has 0 saturated heterocycles. The molecule has 3 aromatic heterocycles. The third kappa shape index (κ3) is 10.3. The van der Waals surface area contributed by atoms with Crippen LogP contribution in [0.1, 0.15) is 45.0 Å². The molecule has 0 fully saturated rings. The fourth-order valence-electron chi connectivity index (χ4n) is 8.46. The summed E-state index contributed by atoms with van der Waals surface area (Å²) in [5.74, 6) is 0. The van der Waals surface area contributed by atoms with Crippen molar-refractivity contribution < 1.29 is 20.4 Å². The Hall–Kier alpha value is -5.28. The van der Waals surface area contributed by atoms with Gasteiger partial charge in [0.25, 0.3) is 0 Å². The van der Waals surface area contributed by atoms with Gasteiger partial charge in [0.2, 0.25) is 0 Å². The number of hydrogen-bond acceptors (Lipinski definition) is 10. The molecule has 0 radical (unpaired) electrons. The first-order valence-corrected chi connectivity index (χ1v) is 20.6. The Morgan fingerprint density at radius 2 is 0.609 bits per heavy atom. The Morgan fingerprint density at radius 1 is 0.375 bits per heavy atom. The number of β-amino-alcohol motifs (C(OH)–C–C–N with tert-alkyl or cyclic N) is 4. The van der Waals surface area contributed by atoms with Crippen LogP contribution in [-0.2, 0) is 0 Å². The van der Waals surface area contributed by atoms with Crippen molar-refractivity contribution in [3.8, 4) is 0 Å². The van der Waals surface area contributed by atoms with E-state index in [0.717, 1.165) is 89.4 Å². The molecule has 0 spiro atoms. The lowest BCUT2D eigenvalue weighted by atomic mass is 10.0. The number of rotatable bonds is 12. The van der Waals surface area contributed by atoms with Crippen LogP contribution in [0.2, 0.25) is 0 Å². The van der Waals surface area contributed by atoms with E-state index in [9.17, 15) is 20.4 Å². The van der Waals surface area contributed by atoms with Gasteiger partial charge in [0.1, 0.15) is 0 Å². The molecule has 9 heterocycles. The van der Waals surface area contributed by atoms with Gasteiger partial charge in [-0.05, 0) is 95.2 Å². The van der Waals surface area contributed by atoms with E-state index in [4.69, 9.17) is 9.97 Å². The Morgan fingerprint density at radius 3 is 0.797 bits per heavy atom. The van der Waals surface area contributed by atoms with Crippen LogP contribution in [0.5, 0.6) is 0 Å². The summed E-state index contributed by atoms with van der Waals surface area (Å²) in [6.45, 7) is 5.15. The number of H-pyrrole nitrogens is 2. The molecule has 9 rings (SSSR count). The molecule has 16 heteroatoms. The van der Waals surface area contributed by atoms with E-state index in [1.807, 2.05) is 24.8 Å². The summed E-state index contributed by atoms with van der Waals surface area (Å²) < 4.78 is 0. The monoisotopic (exact) mass is 946 g/mol. The number of aliphatic hydroxyl groups is 4. The summed E-state index contributed by atoms with van der Waals surface area (Å²) in [5, 5.41) is 38.6. The lowest BCUT2D eigenvalue weighted by molar-refractivity contribution is 0.245. The summed E-state index contributed by atoms with van der Waals surface area (Å²) in [6.07, 6.45) is 33.7. The highest BCUT2D eigenvalue weighted by Gasteiger charge is 2.22. The molecule has 6 aliphatic heterocycles. The van der Waals surface area contributed by atoms with Crippen LogP contribution in [0.25, 0.3) is 68.7 Å². The van der Waals surface area contributed by atoms with Crippen LogP contribution in [0.15, 0.2) is 97.7 Å². The van der Waals surface area contributed by atoms with Crippen molar-refractivity contribution in [1.29, 1.82) is 0 Å². The number of aromatic nitrogens is 4. The Balaban J connectivity index is 0.00000193. The third-order valence-corrected chi connectivity index (χ3v) is 11.5. The van der Waals surface area contributed by atoms with Crippen LogP contribution >= 0.6 is 49.6 Å². The van der Waals surface area contributed by atoms with E-state index < -0.39 is 0 Å². The molecule has 0 amide bonds. The molecule has 6 N–H and O–H groups in total. The normalized spacial score (nSPS) is 16.1. The Labute approximate surface area is 397 Å². The zero-order chi connectivity index (χ0) is 41.0. The number of aliphatic hydroxyl groups excluding tert-OH is 4. The molecule has 6 aliphatic rings. The van der Waals surface area contributed by atoms with Crippen LogP contribution in [0.3, 0.4) is 0 Å². The van der Waals surface area contributed by atoms with Gasteiger partial charge in [-0.15, -0.1) is 49.6 Å². The molecule has 8 bridgehead atoms. The van der Waals surface area contributed by atoms with E-state index in [1.54, 1.807) is 0 Å². The number of hydrogen-bond donors (Lipinski definition) is 6. The second-order valence-corrected chi connectivity index (χ2v) is 15.3. The molecule has 12 nitrogen and oxygen atoms in total. The molecule has 0 aromatic carbocycles. The minimum Gasteiger partial charge on any atom is -0.395 e. The highest BCUT2D eigenvalue weighted by atomic mass is 35.5. The van der Waals surface area contributed by atoms with E-state index in [2.05, 4.69) is 127 Å². The zero-order valence-corrected chi connectivity index (χ0v) is 38.4. The lowest BCUT2D eigenvalue weighted by Gasteiger charge is -2.22. The second kappa shape index (κ2) is 22.6. The van der Waals surface area contributed by atoms with Crippen molar-refractivity contribution in [1.82, 2.24) is 39.5 Å². The van der Waals surface area contributed by atoms with Crippen LogP contribution < -0.4 is 0 Å². The molecule has 0 saturated carbocycles. The fourth-order valence-corrected chi connectivity index (χ4v) is 8.46. The van der Waals surface area contributed by atoms with E-state index in [-0.39, 0.29) is 76.1 Å². The highest BCUT2D eigenvalue weighted by Crippen LogP contribution is 2.37. The van der Waals surface area contributed by atoms with Crippen LogP contribution in [0.4, 0.5) is 0 Å². The molecule has 0 unspecified atom stereocenters. The summed E-state index contributed by atoms with van der Waals surface area (Å²) in [7, 11) is 0. The molecular formula is C48H54Cl4N8O4. The lowest BCUT2D eigenvalue weighted by Crippen LogP contribution is -2.23. The quantitative estimate of drug-likeness (QED) is 0.0761. The predicted octanol–water partition coefficient (Wildman–Crippen LogP) is 7.16. The SMILES string of the molecule is Cl.Cl.Cl.Cl.OCCN1C=CC(c2c3nc(c(C4=CCN(CCO)C=C4)c4ccc([nH]4)c(C4=CCN(CCO)C=C4)c4nc(c(C5=CCN(CCO)C=C5)c5ccc2[nH]5)C=C4)C=C3)=CC1. The van der Waals surface area contributed by atoms with Crippen molar-refractivity contribution in [3.05, 3.63) is 143 Å². The van der Waals surface area contributed by atoms with Gasteiger partial charge in [-0.25, -0.2) is 9.97 Å². The number of aromatic amines is 2. The molecule has 0 atom stereocenters. The van der Waals surface area contributed by atoms with Gasteiger partial charge in [-0.1, -0.05) is 24.3 Å². The second-order valence-electron chi connectivity index (χ2n) is 15.3. The minimum atomic E-state index is 0. The van der Waals surface area contributed by atoms with Crippen molar-refractivity contribution in [2.24, 2.45) is 0 Å². The first-order valence-electron chi connectivity index (χ1n) is 20.6. The van der Waals surface area contributed by atoms with Crippen molar-refractivity contribution in [3.63, 3.8) is 0 Å². The Bertz CT molecular complexity index is 2320. The smallest absolute Gasteiger partial charge is 0.0737 e. The standard InChI is InChI=1S/C48H50N8O4.4ClH/c57-29-25-53-17-9-33(10-18-53)45-37-1-2-38(49-37)46(34-11-19-54(20-12-34)26-30-58)40-5-6-42(51-40)48(36-15-23-56(24-16-36)28-32-60)44-8-7-43(52-44)47(41-4-3-39(45)50-41)35-13-21-55(22-14-35)27-31-59;;;;/h1-17,19,21,23,49,52,57-60H,18,20,22,24-32H2;4*1H. The minimum absolute atomic E-state index is 0. The van der Waals surface area contributed by atoms with E-state index in [0.29, 0.717) is 52.4 Å². The average Bonchev–Trinajstić information content (AvgIpc) is 4.12. The molecular weight excluding hydrogens is 894 g/mol. The van der Waals surface area contributed by atoms with Crippen molar-refractivity contribution in [2.75, 3.05) is 78.8 Å². The molecule has 338 valence electrons. The van der Waals surface area contributed by atoms with E-state index >= 15 is 0 Å². The zero-order valence-electron chi connectivity index (χ0n) is 35.1.